The smallest absolute Gasteiger partial charge is 0.281 e. The SMILES string of the molecule is Cc1cc(C)c(S(=O)(=O)/N=C(\[O-])C(C)(CO)CO)c(C)c1. The van der Waals surface area contributed by atoms with Gasteiger partial charge in [0.15, 0.2) is 0 Å². The minimum atomic E-state index is -4.19. The molecule has 0 unspecified atom stereocenters. The molecule has 7 heteroatoms. The van der Waals surface area contributed by atoms with Crippen molar-refractivity contribution < 1.29 is 23.7 Å². The molecule has 0 aliphatic heterocycles. The van der Waals surface area contributed by atoms with E-state index in [1.807, 2.05) is 6.92 Å². The maximum atomic E-state index is 12.3. The monoisotopic (exact) mass is 314 g/mol. The second-order valence-electron chi connectivity index (χ2n) is 5.48. The normalized spacial score (nSPS) is 13.5. The van der Waals surface area contributed by atoms with Gasteiger partial charge in [-0.1, -0.05) is 24.6 Å². The van der Waals surface area contributed by atoms with Gasteiger partial charge in [-0.2, -0.15) is 12.8 Å². The Morgan fingerprint density at radius 2 is 1.62 bits per heavy atom. The van der Waals surface area contributed by atoms with E-state index in [0.717, 1.165) is 5.56 Å². The molecule has 6 nitrogen and oxygen atoms in total. The standard InChI is InChI=1S/C14H21NO5S/c1-9-5-10(2)12(11(3)6-9)21(19,20)15-13(18)14(4,7-16)8-17/h5-6,16-17H,7-8H2,1-4H3,(H,15,18)/p-1. The summed E-state index contributed by atoms with van der Waals surface area (Å²) in [6.45, 7) is 4.98. The van der Waals surface area contributed by atoms with Crippen molar-refractivity contribution in [3.63, 3.8) is 0 Å². The van der Waals surface area contributed by atoms with Gasteiger partial charge in [0.05, 0.1) is 18.1 Å². The average Bonchev–Trinajstić information content (AvgIpc) is 2.35. The Bertz CT molecular complexity index is 637. The van der Waals surface area contributed by atoms with E-state index in [9.17, 15) is 13.5 Å². The van der Waals surface area contributed by atoms with Crippen LogP contribution in [-0.4, -0.2) is 37.7 Å². The number of aliphatic hydroxyl groups excluding tert-OH is 2. The van der Waals surface area contributed by atoms with Crippen LogP contribution in [-0.2, 0) is 10.0 Å². The zero-order chi connectivity index (χ0) is 16.4. The highest BCUT2D eigenvalue weighted by molar-refractivity contribution is 7.90. The lowest BCUT2D eigenvalue weighted by molar-refractivity contribution is -0.233. The first kappa shape index (κ1) is 17.6. The first-order chi connectivity index (χ1) is 9.57. The molecule has 0 amide bonds. The van der Waals surface area contributed by atoms with Crippen molar-refractivity contribution in [2.24, 2.45) is 9.81 Å². The summed E-state index contributed by atoms with van der Waals surface area (Å²) in [7, 11) is -4.19. The molecule has 0 saturated carbocycles. The number of rotatable bonds is 5. The van der Waals surface area contributed by atoms with Crippen LogP contribution in [0.3, 0.4) is 0 Å². The maximum Gasteiger partial charge on any atom is 0.281 e. The van der Waals surface area contributed by atoms with Crippen molar-refractivity contribution in [1.29, 1.82) is 0 Å². The molecular formula is C14H20NO5S-. The van der Waals surface area contributed by atoms with Crippen LogP contribution in [0, 0.1) is 26.2 Å². The fraction of sp³-hybridized carbons (Fsp3) is 0.500. The number of benzene rings is 1. The molecule has 0 spiro atoms. The second kappa shape index (κ2) is 6.13. The molecule has 1 rings (SSSR count). The number of aliphatic hydroxyl groups is 2. The Kier molecular flexibility index (Phi) is 5.14. The van der Waals surface area contributed by atoms with Crippen LogP contribution in [0.25, 0.3) is 0 Å². The van der Waals surface area contributed by atoms with Gasteiger partial charge in [0, 0.05) is 5.41 Å². The summed E-state index contributed by atoms with van der Waals surface area (Å²) in [6, 6.07) is 3.38. The highest BCUT2D eigenvalue weighted by atomic mass is 32.2. The van der Waals surface area contributed by atoms with Gasteiger partial charge in [-0.05, 0) is 37.8 Å². The van der Waals surface area contributed by atoms with Gasteiger partial charge in [0.2, 0.25) is 0 Å². The van der Waals surface area contributed by atoms with Gasteiger partial charge in [-0.25, -0.2) is 0 Å². The number of hydrogen-bond acceptors (Lipinski definition) is 5. The van der Waals surface area contributed by atoms with Gasteiger partial charge in [-0.15, -0.1) is 0 Å². The summed E-state index contributed by atoms with van der Waals surface area (Å²) >= 11 is 0. The van der Waals surface area contributed by atoms with Crippen molar-refractivity contribution in [2.45, 2.75) is 32.6 Å². The molecule has 1 aromatic carbocycles. The van der Waals surface area contributed by atoms with Crippen LogP contribution < -0.4 is 5.11 Å². The summed E-state index contributed by atoms with van der Waals surface area (Å²) in [6.07, 6.45) is 0. The molecule has 0 aliphatic rings. The van der Waals surface area contributed by atoms with Crippen molar-refractivity contribution in [3.05, 3.63) is 28.8 Å². The highest BCUT2D eigenvalue weighted by Crippen LogP contribution is 2.25. The van der Waals surface area contributed by atoms with Crippen molar-refractivity contribution in [3.8, 4) is 0 Å². The highest BCUT2D eigenvalue weighted by Gasteiger charge is 2.26. The van der Waals surface area contributed by atoms with E-state index < -0.39 is 34.5 Å². The van der Waals surface area contributed by atoms with Crippen LogP contribution in [0.4, 0.5) is 0 Å². The lowest BCUT2D eigenvalue weighted by Gasteiger charge is -2.30. The number of sulfonamides is 1. The fourth-order valence-electron chi connectivity index (χ4n) is 2.02. The van der Waals surface area contributed by atoms with Crippen molar-refractivity contribution in [1.82, 2.24) is 0 Å². The Morgan fingerprint density at radius 3 is 2.00 bits per heavy atom. The van der Waals surface area contributed by atoms with E-state index in [0.29, 0.717) is 11.1 Å². The minimum absolute atomic E-state index is 0.0142. The molecular weight excluding hydrogens is 294 g/mol. The molecule has 0 aromatic heterocycles. The number of aryl methyl sites for hydroxylation is 3. The van der Waals surface area contributed by atoms with E-state index >= 15 is 0 Å². The third-order valence-electron chi connectivity index (χ3n) is 3.28. The van der Waals surface area contributed by atoms with Crippen LogP contribution in [0.2, 0.25) is 0 Å². The molecule has 0 bridgehead atoms. The van der Waals surface area contributed by atoms with Crippen molar-refractivity contribution in [2.75, 3.05) is 13.2 Å². The third kappa shape index (κ3) is 3.61. The predicted octanol–water partition coefficient (Wildman–Crippen LogP) is 0.0503. The van der Waals surface area contributed by atoms with Gasteiger partial charge in [0.1, 0.15) is 0 Å². The van der Waals surface area contributed by atoms with E-state index in [-0.39, 0.29) is 4.90 Å². The molecule has 0 atom stereocenters. The molecule has 118 valence electrons. The number of nitrogens with zero attached hydrogens (tertiary/aromatic N) is 1. The fourth-order valence-corrected chi connectivity index (χ4v) is 3.49. The van der Waals surface area contributed by atoms with Crippen LogP contribution >= 0.6 is 0 Å². The summed E-state index contributed by atoms with van der Waals surface area (Å²) in [5, 5.41) is 30.2. The largest absolute Gasteiger partial charge is 0.861 e. The Labute approximate surface area is 124 Å². The minimum Gasteiger partial charge on any atom is -0.861 e. The summed E-state index contributed by atoms with van der Waals surface area (Å²) in [5.74, 6) is -1.06. The average molecular weight is 314 g/mol. The molecule has 0 heterocycles. The third-order valence-corrected chi connectivity index (χ3v) is 4.85. The topological polar surface area (TPSA) is 110 Å². The molecule has 0 fully saturated rings. The first-order valence-electron chi connectivity index (χ1n) is 6.39. The second-order valence-corrected chi connectivity index (χ2v) is 7.02. The lowest BCUT2D eigenvalue weighted by Crippen LogP contribution is -2.43. The zero-order valence-corrected chi connectivity index (χ0v) is 13.4. The Hall–Kier alpha value is -1.44. The van der Waals surface area contributed by atoms with Gasteiger partial charge >= 0.3 is 0 Å². The van der Waals surface area contributed by atoms with Gasteiger partial charge in [0.25, 0.3) is 10.0 Å². The van der Waals surface area contributed by atoms with E-state index in [2.05, 4.69) is 4.40 Å². The molecule has 2 N–H and O–H groups in total. The first-order valence-corrected chi connectivity index (χ1v) is 7.83. The summed E-state index contributed by atoms with van der Waals surface area (Å²) < 4.78 is 27.9. The Balaban J connectivity index is 3.44. The summed E-state index contributed by atoms with van der Waals surface area (Å²) in [5.41, 5.74) is 0.294. The molecule has 1 aromatic rings. The van der Waals surface area contributed by atoms with E-state index in [1.54, 1.807) is 26.0 Å². The zero-order valence-electron chi connectivity index (χ0n) is 12.5. The van der Waals surface area contributed by atoms with Crippen molar-refractivity contribution >= 4 is 15.9 Å². The molecule has 0 radical (unpaired) electrons. The van der Waals surface area contributed by atoms with Crippen LogP contribution in [0.15, 0.2) is 21.4 Å². The maximum absolute atomic E-state index is 12.3. The van der Waals surface area contributed by atoms with Gasteiger partial charge < -0.3 is 15.3 Å². The molecule has 21 heavy (non-hydrogen) atoms. The molecule has 0 aliphatic carbocycles. The number of hydrogen-bond donors (Lipinski definition) is 2. The van der Waals surface area contributed by atoms with Crippen LogP contribution in [0.5, 0.6) is 0 Å². The summed E-state index contributed by atoms with van der Waals surface area (Å²) in [4.78, 5) is -0.0142. The lowest BCUT2D eigenvalue weighted by atomic mass is 9.93. The predicted molar refractivity (Wildman–Crippen MR) is 77.6 cm³/mol. The quantitative estimate of drug-likeness (QED) is 0.589. The van der Waals surface area contributed by atoms with E-state index in [1.165, 1.54) is 6.92 Å². The molecule has 0 saturated heterocycles. The van der Waals surface area contributed by atoms with E-state index in [4.69, 9.17) is 10.2 Å². The Morgan fingerprint density at radius 1 is 1.19 bits per heavy atom. The van der Waals surface area contributed by atoms with Crippen LogP contribution in [0.1, 0.15) is 23.6 Å². The van der Waals surface area contributed by atoms with Gasteiger partial charge in [-0.3, -0.25) is 0 Å².